The summed E-state index contributed by atoms with van der Waals surface area (Å²) in [5.74, 6) is 0. The van der Waals surface area contributed by atoms with Crippen molar-refractivity contribution in [2.75, 3.05) is 6.61 Å². The molecule has 0 bridgehead atoms. The van der Waals surface area contributed by atoms with Crippen molar-refractivity contribution in [1.29, 1.82) is 0 Å². The first-order valence-electron chi connectivity index (χ1n) is 12.5. The standard InChI is InChI=1S/C18H39O3PS.C6H5N3.H3N/c1-2-3-4-5-6-7-8-9-10-11-12-13-14-15-16-17-18-21-22(19,20)23;1-2-4-6-5(3-1)7-9-8-6;/h2-18H2,1H3,(H2,19,20,23);1-4H,(H,7,8,9);1H3. The van der Waals surface area contributed by atoms with Gasteiger partial charge in [0.15, 0.2) is 0 Å². The molecule has 33 heavy (non-hydrogen) atoms. The Balaban J connectivity index is 0.000000837. The van der Waals surface area contributed by atoms with Gasteiger partial charge in [-0.25, -0.2) is 0 Å². The van der Waals surface area contributed by atoms with E-state index in [0.29, 0.717) is 6.61 Å². The van der Waals surface area contributed by atoms with Gasteiger partial charge in [-0.1, -0.05) is 115 Å². The highest BCUT2D eigenvalue weighted by Gasteiger charge is 2.06. The van der Waals surface area contributed by atoms with Crippen LogP contribution in [0.4, 0.5) is 0 Å². The molecule has 1 aromatic heterocycles. The second-order valence-electron chi connectivity index (χ2n) is 8.44. The molecule has 0 aliphatic carbocycles. The van der Waals surface area contributed by atoms with E-state index in [0.717, 1.165) is 23.9 Å². The number of unbranched alkanes of at least 4 members (excludes halogenated alkanes) is 15. The van der Waals surface area contributed by atoms with Gasteiger partial charge >= 0.3 is 6.72 Å². The molecule has 0 fully saturated rings. The summed E-state index contributed by atoms with van der Waals surface area (Å²) in [4.78, 5) is 17.8. The Kier molecular flexibility index (Phi) is 21.0. The van der Waals surface area contributed by atoms with Crippen molar-refractivity contribution in [2.24, 2.45) is 0 Å². The molecule has 0 unspecified atom stereocenters. The largest absolute Gasteiger partial charge is 0.344 e. The van der Waals surface area contributed by atoms with Crippen molar-refractivity contribution in [3.63, 3.8) is 0 Å². The van der Waals surface area contributed by atoms with E-state index in [1.165, 1.54) is 89.9 Å². The summed E-state index contributed by atoms with van der Waals surface area (Å²) in [6.45, 7) is -0.772. The van der Waals surface area contributed by atoms with Gasteiger partial charge in [-0.05, 0) is 30.4 Å². The predicted molar refractivity (Wildman–Crippen MR) is 143 cm³/mol. The smallest absolute Gasteiger partial charge is 0.321 e. The molecule has 9 heteroatoms. The molecule has 0 atom stereocenters. The lowest BCUT2D eigenvalue weighted by Crippen LogP contribution is -1.92. The third-order valence-corrected chi connectivity index (χ3v) is 6.32. The van der Waals surface area contributed by atoms with Gasteiger partial charge in [-0.3, -0.25) is 0 Å². The van der Waals surface area contributed by atoms with Gasteiger partial charge in [0.1, 0.15) is 11.0 Å². The Labute approximate surface area is 205 Å². The van der Waals surface area contributed by atoms with Crippen LogP contribution in [0.3, 0.4) is 0 Å². The topological polar surface area (TPSA) is 126 Å². The molecular formula is C24H47N4O3PS. The summed E-state index contributed by atoms with van der Waals surface area (Å²) in [5.41, 5.74) is 1.83. The maximum atomic E-state index is 8.90. The quantitative estimate of drug-likeness (QED) is 0.122. The molecule has 0 saturated carbocycles. The Morgan fingerprint density at radius 1 is 0.727 bits per heavy atom. The van der Waals surface area contributed by atoms with Crippen LogP contribution in [0, 0.1) is 0 Å². The van der Waals surface area contributed by atoms with Gasteiger partial charge in [0.2, 0.25) is 0 Å². The normalized spacial score (nSPS) is 11.1. The first kappa shape index (κ1) is 32.1. The second-order valence-corrected chi connectivity index (χ2v) is 11.1. The Hall–Kier alpha value is -0.890. The van der Waals surface area contributed by atoms with E-state index in [4.69, 9.17) is 14.3 Å². The maximum absolute atomic E-state index is 8.90. The summed E-state index contributed by atoms with van der Waals surface area (Å²) in [6, 6.07) is 7.70. The van der Waals surface area contributed by atoms with Crippen LogP contribution in [-0.2, 0) is 16.3 Å². The van der Waals surface area contributed by atoms with E-state index in [-0.39, 0.29) is 6.15 Å². The summed E-state index contributed by atoms with van der Waals surface area (Å²) in [5, 5.41) is 10.3. The summed E-state index contributed by atoms with van der Waals surface area (Å²) in [6.07, 6.45) is 21.3. The third kappa shape index (κ3) is 20.2. The molecule has 2 aromatic rings. The molecule has 0 aliphatic heterocycles. The van der Waals surface area contributed by atoms with Crippen molar-refractivity contribution in [3.8, 4) is 0 Å². The van der Waals surface area contributed by atoms with Crippen LogP contribution in [0.25, 0.3) is 11.0 Å². The Morgan fingerprint density at radius 3 is 1.45 bits per heavy atom. The van der Waals surface area contributed by atoms with E-state index in [1.807, 2.05) is 24.3 Å². The Bertz CT molecular complexity index is 696. The van der Waals surface area contributed by atoms with E-state index in [2.05, 4.69) is 34.1 Å². The van der Waals surface area contributed by atoms with Crippen LogP contribution >= 0.6 is 6.72 Å². The first-order valence-corrected chi connectivity index (χ1v) is 15.1. The van der Waals surface area contributed by atoms with Gasteiger partial charge in [0.05, 0.1) is 6.61 Å². The molecule has 1 aromatic carbocycles. The van der Waals surface area contributed by atoms with Crippen molar-refractivity contribution in [2.45, 2.75) is 110 Å². The van der Waals surface area contributed by atoms with Gasteiger partial charge < -0.3 is 20.5 Å². The van der Waals surface area contributed by atoms with Crippen LogP contribution in [-0.4, -0.2) is 31.8 Å². The fourth-order valence-corrected chi connectivity index (χ4v) is 4.21. The highest BCUT2D eigenvalue weighted by atomic mass is 32.5. The number of nitrogens with one attached hydrogen (secondary N) is 1. The van der Waals surface area contributed by atoms with Gasteiger partial charge in [0.25, 0.3) is 0 Å². The number of para-hydroxylation sites is 2. The number of benzene rings is 1. The van der Waals surface area contributed by atoms with Crippen LogP contribution in [0.1, 0.15) is 110 Å². The summed E-state index contributed by atoms with van der Waals surface area (Å²) >= 11 is 4.40. The molecule has 2 rings (SSSR count). The first-order chi connectivity index (χ1) is 15.5. The number of aromatic nitrogens is 3. The van der Waals surface area contributed by atoms with E-state index < -0.39 is 6.72 Å². The molecular weight excluding hydrogens is 455 g/mol. The number of nitrogens with zero attached hydrogens (tertiary/aromatic N) is 2. The van der Waals surface area contributed by atoms with Crippen molar-refractivity contribution < 1.29 is 14.3 Å². The van der Waals surface area contributed by atoms with E-state index >= 15 is 0 Å². The fraction of sp³-hybridized carbons (Fsp3) is 0.750. The fourth-order valence-electron chi connectivity index (χ4n) is 3.62. The molecule has 0 radical (unpaired) electrons. The zero-order valence-corrected chi connectivity index (χ0v) is 22.3. The molecule has 7 nitrogen and oxygen atoms in total. The minimum Gasteiger partial charge on any atom is -0.344 e. The molecule has 0 saturated heterocycles. The molecule has 0 aliphatic rings. The van der Waals surface area contributed by atoms with Gasteiger partial charge in [0, 0.05) is 0 Å². The third-order valence-electron chi connectivity index (χ3n) is 5.48. The SMILES string of the molecule is CCCCCCCCCCCCCCCCCCOP(O)(O)=S.N.c1ccc2n[nH]nc2c1. The zero-order chi connectivity index (χ0) is 23.3. The number of aromatic amines is 1. The predicted octanol–water partition coefficient (Wildman–Crippen LogP) is 7.59. The lowest BCUT2D eigenvalue weighted by atomic mass is 10.0. The zero-order valence-electron chi connectivity index (χ0n) is 20.6. The average Bonchev–Trinajstić information content (AvgIpc) is 3.24. The van der Waals surface area contributed by atoms with Gasteiger partial charge in [-0.2, -0.15) is 15.4 Å². The highest BCUT2D eigenvalue weighted by Crippen LogP contribution is 2.36. The Morgan fingerprint density at radius 2 is 1.09 bits per heavy atom. The summed E-state index contributed by atoms with van der Waals surface area (Å²) < 4.78 is 4.79. The number of hydrogen-bond acceptors (Lipinski definition) is 5. The summed E-state index contributed by atoms with van der Waals surface area (Å²) in [7, 11) is 0. The maximum Gasteiger partial charge on any atom is 0.321 e. The number of fused-ring (bicyclic) bond motifs is 1. The molecule has 6 N–H and O–H groups in total. The van der Waals surface area contributed by atoms with Crippen LogP contribution < -0.4 is 6.15 Å². The van der Waals surface area contributed by atoms with Crippen molar-refractivity contribution in [3.05, 3.63) is 24.3 Å². The molecule has 1 heterocycles. The minimum absolute atomic E-state index is 0. The molecule has 0 amide bonds. The minimum atomic E-state index is -3.42. The van der Waals surface area contributed by atoms with Crippen LogP contribution in [0.2, 0.25) is 0 Å². The average molecular weight is 503 g/mol. The lowest BCUT2D eigenvalue weighted by molar-refractivity contribution is 0.245. The number of rotatable bonds is 18. The molecule has 0 spiro atoms. The van der Waals surface area contributed by atoms with Crippen molar-refractivity contribution >= 4 is 29.6 Å². The van der Waals surface area contributed by atoms with Crippen molar-refractivity contribution in [1.82, 2.24) is 21.6 Å². The molecule has 192 valence electrons. The van der Waals surface area contributed by atoms with Crippen LogP contribution in [0.5, 0.6) is 0 Å². The van der Waals surface area contributed by atoms with E-state index in [9.17, 15) is 0 Å². The highest BCUT2D eigenvalue weighted by molar-refractivity contribution is 8.06. The second kappa shape index (κ2) is 21.6. The number of hydrogen-bond donors (Lipinski definition) is 4. The van der Waals surface area contributed by atoms with Gasteiger partial charge in [-0.15, -0.1) is 0 Å². The van der Waals surface area contributed by atoms with Crippen LogP contribution in [0.15, 0.2) is 24.3 Å². The lowest BCUT2D eigenvalue weighted by Gasteiger charge is -2.07. The number of H-pyrrole nitrogens is 1. The van der Waals surface area contributed by atoms with E-state index in [1.54, 1.807) is 0 Å². The monoisotopic (exact) mass is 502 g/mol.